The quantitative estimate of drug-likeness (QED) is 0.0879. The van der Waals surface area contributed by atoms with Gasteiger partial charge < -0.3 is 4.48 Å². The van der Waals surface area contributed by atoms with Crippen LogP contribution in [0.5, 0.6) is 0 Å². The molecule has 3 aromatic carbocycles. The van der Waals surface area contributed by atoms with E-state index in [0.717, 1.165) is 24.1 Å². The smallest absolute Gasteiger partial charge is 0.105 e. The Morgan fingerprint density at radius 2 is 0.838 bits per heavy atom. The van der Waals surface area contributed by atoms with Crippen molar-refractivity contribution >= 4 is 0 Å². The van der Waals surface area contributed by atoms with Crippen molar-refractivity contribution in [2.24, 2.45) is 0 Å². The molecule has 0 fully saturated rings. The van der Waals surface area contributed by atoms with Gasteiger partial charge in [0.15, 0.2) is 0 Å². The number of nitrogens with zero attached hydrogens (tertiary/aromatic N) is 1. The summed E-state index contributed by atoms with van der Waals surface area (Å²) in [5.41, 5.74) is 4.32. The molecule has 0 bridgehead atoms. The Balaban J connectivity index is 1.55. The van der Waals surface area contributed by atoms with E-state index >= 15 is 0 Å². The van der Waals surface area contributed by atoms with E-state index in [0.29, 0.717) is 0 Å². The van der Waals surface area contributed by atoms with E-state index < -0.39 is 0 Å². The van der Waals surface area contributed by atoms with Gasteiger partial charge in [-0.2, -0.15) is 0 Å². The summed E-state index contributed by atoms with van der Waals surface area (Å²) in [6.45, 7) is 6.73. The zero-order valence-corrected chi connectivity index (χ0v) is 23.4. The van der Waals surface area contributed by atoms with Crippen molar-refractivity contribution in [2.75, 3.05) is 6.54 Å². The molecule has 3 rings (SSSR count). The predicted molar refractivity (Wildman–Crippen MR) is 161 cm³/mol. The lowest BCUT2D eigenvalue weighted by molar-refractivity contribution is -0.966. The SMILES string of the molecule is CCCCCC/C=C/CCCCCCC[N+](Cc1ccccc1)(Cc1ccccc1)Cc1ccccc1. The van der Waals surface area contributed by atoms with E-state index in [1.807, 2.05) is 0 Å². The number of hydrogen-bond donors (Lipinski definition) is 0. The number of quaternary nitrogens is 1. The van der Waals surface area contributed by atoms with Crippen LogP contribution in [0.25, 0.3) is 0 Å². The highest BCUT2D eigenvalue weighted by Crippen LogP contribution is 2.26. The van der Waals surface area contributed by atoms with Crippen LogP contribution < -0.4 is 0 Å². The van der Waals surface area contributed by atoms with Gasteiger partial charge in [0.25, 0.3) is 0 Å². The lowest BCUT2D eigenvalue weighted by Gasteiger charge is -2.39. The van der Waals surface area contributed by atoms with E-state index in [1.165, 1.54) is 93.9 Å². The molecular formula is C36H50N+. The van der Waals surface area contributed by atoms with Crippen molar-refractivity contribution in [1.82, 2.24) is 0 Å². The average Bonchev–Trinajstić information content (AvgIpc) is 2.93. The first kappa shape index (κ1) is 28.9. The Morgan fingerprint density at radius 3 is 1.27 bits per heavy atom. The Kier molecular flexibility index (Phi) is 13.9. The average molecular weight is 497 g/mol. The van der Waals surface area contributed by atoms with Crippen molar-refractivity contribution < 1.29 is 4.48 Å². The minimum absolute atomic E-state index is 1.08. The largest absolute Gasteiger partial charge is 0.312 e. The third-order valence-corrected chi connectivity index (χ3v) is 7.48. The van der Waals surface area contributed by atoms with Gasteiger partial charge >= 0.3 is 0 Å². The van der Waals surface area contributed by atoms with Crippen molar-refractivity contribution in [3.05, 3.63) is 120 Å². The number of unbranched alkanes of at least 4 members (excludes halogenated alkanes) is 9. The second-order valence-corrected chi connectivity index (χ2v) is 10.9. The molecule has 0 radical (unpaired) electrons. The molecule has 0 amide bonds. The number of rotatable bonds is 19. The van der Waals surface area contributed by atoms with Crippen LogP contribution in [0.15, 0.2) is 103 Å². The number of benzene rings is 3. The highest BCUT2D eigenvalue weighted by atomic mass is 15.3. The fourth-order valence-corrected chi connectivity index (χ4v) is 5.48. The van der Waals surface area contributed by atoms with Crippen LogP contribution in [0.1, 0.15) is 94.2 Å². The monoisotopic (exact) mass is 496 g/mol. The van der Waals surface area contributed by atoms with Gasteiger partial charge in [-0.15, -0.1) is 0 Å². The molecule has 0 heterocycles. The molecule has 0 saturated heterocycles. The normalized spacial score (nSPS) is 11.8. The van der Waals surface area contributed by atoms with Crippen molar-refractivity contribution in [1.29, 1.82) is 0 Å². The van der Waals surface area contributed by atoms with Gasteiger partial charge in [-0.05, 0) is 38.5 Å². The summed E-state index contributed by atoms with van der Waals surface area (Å²) >= 11 is 0. The Bertz CT molecular complexity index is 860. The molecule has 0 spiro atoms. The molecule has 0 atom stereocenters. The zero-order chi connectivity index (χ0) is 25.9. The van der Waals surface area contributed by atoms with Crippen molar-refractivity contribution in [2.45, 2.75) is 97.2 Å². The standard InChI is InChI=1S/C36H50N/c1-2-3-4-5-6-7-8-9-10-11-12-13-23-30-37(31-34-24-17-14-18-25-34,32-35-26-19-15-20-27-35)33-36-28-21-16-22-29-36/h7-8,14-22,24-29H,2-6,9-13,23,30-33H2,1H3/q+1/b8-7+. The Hall–Kier alpha value is -2.64. The Morgan fingerprint density at radius 1 is 0.459 bits per heavy atom. The third kappa shape index (κ3) is 12.0. The molecule has 0 aliphatic rings. The van der Waals surface area contributed by atoms with Gasteiger partial charge in [0, 0.05) is 16.7 Å². The highest BCUT2D eigenvalue weighted by molar-refractivity contribution is 5.17. The molecule has 0 unspecified atom stereocenters. The molecule has 0 aliphatic carbocycles. The summed E-state index contributed by atoms with van der Waals surface area (Å²) in [5, 5.41) is 0. The summed E-state index contributed by atoms with van der Waals surface area (Å²) in [7, 11) is 0. The zero-order valence-electron chi connectivity index (χ0n) is 23.4. The minimum atomic E-state index is 1.08. The molecule has 1 nitrogen and oxygen atoms in total. The van der Waals surface area contributed by atoms with Crippen molar-refractivity contribution in [3.63, 3.8) is 0 Å². The van der Waals surface area contributed by atoms with Crippen LogP contribution in [0.2, 0.25) is 0 Å². The van der Waals surface area contributed by atoms with Gasteiger partial charge in [-0.1, -0.05) is 142 Å². The minimum Gasteiger partial charge on any atom is -0.312 e. The van der Waals surface area contributed by atoms with Gasteiger partial charge in [0.1, 0.15) is 19.6 Å². The summed E-state index contributed by atoms with van der Waals surface area (Å²) < 4.78 is 1.08. The first-order chi connectivity index (χ1) is 18.3. The molecule has 3 aromatic rings. The molecule has 0 aliphatic heterocycles. The maximum Gasteiger partial charge on any atom is 0.105 e. The fraction of sp³-hybridized carbons (Fsp3) is 0.444. The van der Waals surface area contributed by atoms with E-state index in [2.05, 4.69) is 110 Å². The first-order valence-electron chi connectivity index (χ1n) is 14.9. The summed E-state index contributed by atoms with van der Waals surface area (Å²) in [4.78, 5) is 0. The number of allylic oxidation sites excluding steroid dienone is 2. The van der Waals surface area contributed by atoms with Crippen LogP contribution in [-0.2, 0) is 19.6 Å². The van der Waals surface area contributed by atoms with Crippen LogP contribution in [-0.4, -0.2) is 11.0 Å². The lowest BCUT2D eigenvalue weighted by atomic mass is 10.0. The van der Waals surface area contributed by atoms with Crippen molar-refractivity contribution in [3.8, 4) is 0 Å². The van der Waals surface area contributed by atoms with Gasteiger partial charge in [-0.3, -0.25) is 0 Å². The maximum atomic E-state index is 2.42. The Labute approximate surface area is 227 Å². The maximum absolute atomic E-state index is 2.42. The third-order valence-electron chi connectivity index (χ3n) is 7.48. The second kappa shape index (κ2) is 17.8. The van der Waals surface area contributed by atoms with Gasteiger partial charge in [0.05, 0.1) is 6.54 Å². The molecule has 1 heteroatoms. The fourth-order valence-electron chi connectivity index (χ4n) is 5.48. The van der Waals surface area contributed by atoms with E-state index in [4.69, 9.17) is 0 Å². The van der Waals surface area contributed by atoms with Gasteiger partial charge in [0.2, 0.25) is 0 Å². The summed E-state index contributed by atoms with van der Waals surface area (Å²) in [5.74, 6) is 0. The lowest BCUT2D eigenvalue weighted by Crippen LogP contribution is -2.46. The van der Waals surface area contributed by atoms with Crippen LogP contribution in [0.3, 0.4) is 0 Å². The van der Waals surface area contributed by atoms with Crippen LogP contribution >= 0.6 is 0 Å². The van der Waals surface area contributed by atoms with E-state index in [-0.39, 0.29) is 0 Å². The predicted octanol–water partition coefficient (Wildman–Crippen LogP) is 10.3. The summed E-state index contributed by atoms with van der Waals surface area (Å²) in [6.07, 6.45) is 19.5. The topological polar surface area (TPSA) is 0 Å². The van der Waals surface area contributed by atoms with Crippen LogP contribution in [0.4, 0.5) is 0 Å². The first-order valence-corrected chi connectivity index (χ1v) is 14.9. The molecule has 0 saturated carbocycles. The highest BCUT2D eigenvalue weighted by Gasteiger charge is 2.28. The van der Waals surface area contributed by atoms with Gasteiger partial charge in [-0.25, -0.2) is 0 Å². The molecular weight excluding hydrogens is 446 g/mol. The van der Waals surface area contributed by atoms with Crippen LogP contribution in [0, 0.1) is 0 Å². The van der Waals surface area contributed by atoms with E-state index in [1.54, 1.807) is 0 Å². The number of hydrogen-bond acceptors (Lipinski definition) is 0. The molecule has 0 N–H and O–H groups in total. The molecule has 0 aromatic heterocycles. The molecule has 198 valence electrons. The summed E-state index contributed by atoms with van der Waals surface area (Å²) in [6, 6.07) is 33.4. The second-order valence-electron chi connectivity index (χ2n) is 10.9. The molecule has 37 heavy (non-hydrogen) atoms. The van der Waals surface area contributed by atoms with E-state index in [9.17, 15) is 0 Å².